The van der Waals surface area contributed by atoms with Gasteiger partial charge in [0.05, 0.1) is 12.2 Å². The molecule has 2 aromatic rings. The van der Waals surface area contributed by atoms with Crippen LogP contribution < -0.4 is 10.6 Å². The molecule has 216 valence electrons. The molecule has 9 nitrogen and oxygen atoms in total. The van der Waals surface area contributed by atoms with E-state index >= 15 is 0 Å². The van der Waals surface area contributed by atoms with Crippen LogP contribution in [-0.4, -0.2) is 60.1 Å². The van der Waals surface area contributed by atoms with Crippen LogP contribution >= 0.6 is 22.6 Å². The molecular formula is C31H33IN2O7. The number of amides is 2. The predicted molar refractivity (Wildman–Crippen MR) is 157 cm³/mol. The Morgan fingerprint density at radius 1 is 0.951 bits per heavy atom. The van der Waals surface area contributed by atoms with Crippen molar-refractivity contribution in [1.29, 1.82) is 0 Å². The fraction of sp³-hybridized carbons (Fsp3) is 0.452. The first-order valence-corrected chi connectivity index (χ1v) is 15.2. The molecule has 0 spiro atoms. The Kier molecular flexibility index (Phi) is 8.17. The Morgan fingerprint density at radius 3 is 2.37 bits per heavy atom. The summed E-state index contributed by atoms with van der Waals surface area (Å²) in [5.41, 5.74) is 2.13. The van der Waals surface area contributed by atoms with Crippen molar-refractivity contribution in [2.75, 3.05) is 13.2 Å². The number of hydrogen-bond donors (Lipinski definition) is 3. The van der Waals surface area contributed by atoms with Gasteiger partial charge in [0, 0.05) is 46.1 Å². The summed E-state index contributed by atoms with van der Waals surface area (Å²) in [6.07, 6.45) is 4.62. The maximum atomic E-state index is 13.4. The van der Waals surface area contributed by atoms with Crippen LogP contribution in [0.1, 0.15) is 58.4 Å². The highest BCUT2D eigenvalue weighted by Gasteiger charge is 2.64. The Hall–Kier alpha value is -2.80. The standard InChI is InChI=1S/C31H33IN2O7/c32-24-10-4-19(5-11-24)30(38)39-25-15-21(16-26-27(25)41-31(40-26,22-6-7-22)23-8-9-23)29(37)34-17-18-2-1-3-20(14-18)28(36)33-12-13-35/h1-5,10-11,14,16,22-23,25-27,35H,6-9,12-13,15,17H2,(H,33,36)(H,34,37)/t25-,26-,27+/m1/s1. The molecule has 0 radical (unpaired) electrons. The number of carbonyl (C=O) groups is 3. The van der Waals surface area contributed by atoms with Gasteiger partial charge in [-0.15, -0.1) is 0 Å². The van der Waals surface area contributed by atoms with Crippen molar-refractivity contribution in [1.82, 2.24) is 10.6 Å². The first-order chi connectivity index (χ1) is 19.9. The van der Waals surface area contributed by atoms with E-state index in [1.165, 1.54) is 0 Å². The van der Waals surface area contributed by atoms with Gasteiger partial charge >= 0.3 is 5.97 Å². The molecule has 3 atom stereocenters. The van der Waals surface area contributed by atoms with E-state index in [4.69, 9.17) is 19.3 Å². The molecule has 1 heterocycles. The van der Waals surface area contributed by atoms with Gasteiger partial charge in [-0.1, -0.05) is 12.1 Å². The third-order valence-corrected chi connectivity index (χ3v) is 8.80. The molecule has 6 rings (SSSR count). The van der Waals surface area contributed by atoms with Crippen LogP contribution in [0.15, 0.2) is 60.2 Å². The van der Waals surface area contributed by atoms with Crippen molar-refractivity contribution in [3.8, 4) is 0 Å². The highest BCUT2D eigenvalue weighted by atomic mass is 127. The number of ether oxygens (including phenoxy) is 3. The lowest BCUT2D eigenvalue weighted by Crippen LogP contribution is -2.44. The van der Waals surface area contributed by atoms with Crippen molar-refractivity contribution >= 4 is 40.4 Å². The summed E-state index contributed by atoms with van der Waals surface area (Å²) in [5.74, 6) is -1.03. The lowest BCUT2D eigenvalue weighted by atomic mass is 9.91. The molecule has 0 bridgehead atoms. The molecule has 10 heteroatoms. The minimum Gasteiger partial charge on any atom is -0.456 e. The molecule has 2 amide bonds. The molecule has 2 saturated carbocycles. The summed E-state index contributed by atoms with van der Waals surface area (Å²) in [5, 5.41) is 14.5. The minimum atomic E-state index is -0.671. The lowest BCUT2D eigenvalue weighted by molar-refractivity contribution is -0.209. The summed E-state index contributed by atoms with van der Waals surface area (Å²) in [4.78, 5) is 38.8. The number of aliphatic hydroxyl groups is 1. The number of hydrogen-bond acceptors (Lipinski definition) is 7. The monoisotopic (exact) mass is 672 g/mol. The van der Waals surface area contributed by atoms with Gasteiger partial charge in [-0.05, 0) is 96.3 Å². The van der Waals surface area contributed by atoms with Gasteiger partial charge in [-0.25, -0.2) is 4.79 Å². The molecule has 3 fully saturated rings. The fourth-order valence-corrected chi connectivity index (χ4v) is 6.11. The third-order valence-electron chi connectivity index (χ3n) is 8.08. The number of carbonyl (C=O) groups excluding carboxylic acids is 3. The van der Waals surface area contributed by atoms with Gasteiger partial charge in [0.15, 0.2) is 5.79 Å². The van der Waals surface area contributed by atoms with E-state index in [-0.39, 0.29) is 37.9 Å². The molecule has 41 heavy (non-hydrogen) atoms. The van der Waals surface area contributed by atoms with Crippen LogP contribution in [0.2, 0.25) is 0 Å². The Labute approximate surface area is 252 Å². The van der Waals surface area contributed by atoms with Gasteiger partial charge in [-0.3, -0.25) is 9.59 Å². The van der Waals surface area contributed by atoms with E-state index in [0.29, 0.717) is 28.5 Å². The van der Waals surface area contributed by atoms with Gasteiger partial charge < -0.3 is 30.0 Å². The molecule has 2 aromatic carbocycles. The van der Waals surface area contributed by atoms with Gasteiger partial charge in [0.1, 0.15) is 18.3 Å². The number of nitrogens with one attached hydrogen (secondary N) is 2. The average Bonchev–Trinajstić information content (AvgIpc) is 3.92. The highest BCUT2D eigenvalue weighted by molar-refractivity contribution is 14.1. The molecule has 0 aromatic heterocycles. The number of rotatable bonds is 10. The van der Waals surface area contributed by atoms with Crippen LogP contribution in [0.3, 0.4) is 0 Å². The second-order valence-electron chi connectivity index (χ2n) is 11.1. The molecule has 1 saturated heterocycles. The van der Waals surface area contributed by atoms with Crippen LogP contribution in [0.4, 0.5) is 0 Å². The summed E-state index contributed by atoms with van der Waals surface area (Å²) < 4.78 is 20.3. The first-order valence-electron chi connectivity index (χ1n) is 14.2. The van der Waals surface area contributed by atoms with E-state index in [0.717, 1.165) is 34.8 Å². The second-order valence-corrected chi connectivity index (χ2v) is 12.4. The Balaban J connectivity index is 1.18. The predicted octanol–water partition coefficient (Wildman–Crippen LogP) is 3.49. The number of aliphatic hydroxyl groups excluding tert-OH is 1. The van der Waals surface area contributed by atoms with Gasteiger partial charge in [-0.2, -0.15) is 0 Å². The number of halogens is 1. The van der Waals surface area contributed by atoms with Crippen molar-refractivity contribution < 1.29 is 33.7 Å². The lowest BCUT2D eigenvalue weighted by Gasteiger charge is -2.31. The Bertz CT molecular complexity index is 1340. The topological polar surface area (TPSA) is 123 Å². The summed E-state index contributed by atoms with van der Waals surface area (Å²) in [6.45, 7) is 0.237. The van der Waals surface area contributed by atoms with E-state index in [1.807, 2.05) is 24.3 Å². The molecule has 4 aliphatic rings. The number of fused-ring (bicyclic) bond motifs is 1. The number of benzene rings is 2. The van der Waals surface area contributed by atoms with Crippen molar-refractivity contribution in [3.63, 3.8) is 0 Å². The van der Waals surface area contributed by atoms with Crippen LogP contribution in [-0.2, 0) is 25.5 Å². The minimum absolute atomic E-state index is 0.142. The molecule has 0 unspecified atom stereocenters. The Morgan fingerprint density at radius 2 is 1.68 bits per heavy atom. The van der Waals surface area contributed by atoms with E-state index in [1.54, 1.807) is 30.3 Å². The molecule has 1 aliphatic heterocycles. The normalized spacial score (nSPS) is 24.6. The van der Waals surface area contributed by atoms with Crippen molar-refractivity contribution in [2.24, 2.45) is 11.8 Å². The van der Waals surface area contributed by atoms with Crippen molar-refractivity contribution in [2.45, 2.75) is 62.7 Å². The summed E-state index contributed by atoms with van der Waals surface area (Å²) >= 11 is 2.19. The summed E-state index contributed by atoms with van der Waals surface area (Å²) in [6, 6.07) is 14.1. The fourth-order valence-electron chi connectivity index (χ4n) is 5.75. The van der Waals surface area contributed by atoms with Gasteiger partial charge in [0.25, 0.3) is 5.91 Å². The smallest absolute Gasteiger partial charge is 0.338 e. The zero-order valence-electron chi connectivity index (χ0n) is 22.5. The largest absolute Gasteiger partial charge is 0.456 e. The van der Waals surface area contributed by atoms with Crippen LogP contribution in [0, 0.1) is 15.4 Å². The molecular weight excluding hydrogens is 639 g/mol. The zero-order chi connectivity index (χ0) is 28.6. The zero-order valence-corrected chi connectivity index (χ0v) is 24.7. The molecule has 3 aliphatic carbocycles. The maximum absolute atomic E-state index is 13.4. The van der Waals surface area contributed by atoms with E-state index < -0.39 is 30.1 Å². The quantitative estimate of drug-likeness (QED) is 0.261. The SMILES string of the molecule is O=C(NCc1cccc(C(=O)NCCO)c1)C1=C[C@H]2OC(C3CC3)(C3CC3)O[C@H]2[C@H](OC(=O)c2ccc(I)cc2)C1. The average molecular weight is 673 g/mol. The highest BCUT2D eigenvalue weighted by Crippen LogP contribution is 2.59. The third kappa shape index (κ3) is 6.20. The number of esters is 1. The first kappa shape index (κ1) is 28.3. The van der Waals surface area contributed by atoms with Crippen molar-refractivity contribution in [3.05, 3.63) is 80.4 Å². The van der Waals surface area contributed by atoms with Gasteiger partial charge in [0.2, 0.25) is 5.91 Å². The maximum Gasteiger partial charge on any atom is 0.338 e. The second kappa shape index (κ2) is 11.8. The van der Waals surface area contributed by atoms with Crippen LogP contribution in [0.5, 0.6) is 0 Å². The summed E-state index contributed by atoms with van der Waals surface area (Å²) in [7, 11) is 0. The van der Waals surface area contributed by atoms with Crippen LogP contribution in [0.25, 0.3) is 0 Å². The van der Waals surface area contributed by atoms with E-state index in [2.05, 4.69) is 33.2 Å². The van der Waals surface area contributed by atoms with E-state index in [9.17, 15) is 14.4 Å². The molecule has 3 N–H and O–H groups in total.